The lowest BCUT2D eigenvalue weighted by Crippen LogP contribution is -1.18. The average Bonchev–Trinajstić information content (AvgIpc) is 1.65. The van der Waals surface area contributed by atoms with Gasteiger partial charge in [-0.2, -0.15) is 8.93 Å². The van der Waals surface area contributed by atoms with Crippen LogP contribution in [0.1, 0.15) is 0 Å². The number of hydrogen-bond acceptors (Lipinski definition) is 0. The van der Waals surface area contributed by atoms with Crippen LogP contribution in [-0.4, -0.2) is 0 Å². The van der Waals surface area contributed by atoms with Crippen LogP contribution in [0.15, 0.2) is 0 Å². The molecule has 5 unspecified atom stereocenters. The third-order valence-corrected chi connectivity index (χ3v) is 25.4. The van der Waals surface area contributed by atoms with E-state index in [-0.39, 0.29) is 14.0 Å². The summed E-state index contributed by atoms with van der Waals surface area (Å²) in [6, 6.07) is 0. The van der Waals surface area contributed by atoms with Gasteiger partial charge in [-0.05, 0) is 0 Å². The second kappa shape index (κ2) is 7.11. The van der Waals surface area contributed by atoms with E-state index in [1.165, 1.54) is 7.96 Å². The van der Waals surface area contributed by atoms with Crippen LogP contribution in [0.4, 0.5) is 0 Å². The lowest BCUT2D eigenvalue weighted by molar-refractivity contribution is 4.88. The molecular formula is H8P8-2. The van der Waals surface area contributed by atoms with Crippen molar-refractivity contribution in [3.63, 3.8) is 0 Å². The zero-order valence-electron chi connectivity index (χ0n) is 4.10. The van der Waals surface area contributed by atoms with Crippen LogP contribution in [-0.2, 0) is 0 Å². The minimum absolute atomic E-state index is 0.148. The smallest absolute Gasteiger partial charge is 0.138 e. The zero-order valence-corrected chi connectivity index (χ0v) is 12.3. The van der Waals surface area contributed by atoms with Crippen molar-refractivity contribution in [3.8, 4) is 0 Å². The van der Waals surface area contributed by atoms with Gasteiger partial charge in [0.2, 0.25) is 0 Å². The monoisotopic (exact) mass is 256 g/mol. The minimum atomic E-state index is 0.148. The van der Waals surface area contributed by atoms with Gasteiger partial charge in [0.25, 0.3) is 0 Å². The van der Waals surface area contributed by atoms with Gasteiger partial charge in [0.05, 0.1) is 0 Å². The Morgan fingerprint density at radius 1 is 1.12 bits per heavy atom. The van der Waals surface area contributed by atoms with Gasteiger partial charge in [-0.1, -0.05) is 0 Å². The fourth-order valence-electron chi connectivity index (χ4n) is 0.129. The van der Waals surface area contributed by atoms with Crippen LogP contribution in [0.3, 0.4) is 0 Å². The molecule has 0 spiro atoms. The summed E-state index contributed by atoms with van der Waals surface area (Å²) in [4.78, 5) is 0. The maximum atomic E-state index is 2.89. The second-order valence-corrected chi connectivity index (χ2v) is 24.4. The molecule has 0 aromatic rings. The van der Waals surface area contributed by atoms with Gasteiger partial charge < -0.3 is 22.9 Å². The summed E-state index contributed by atoms with van der Waals surface area (Å²) in [5.41, 5.74) is 0. The second-order valence-electron chi connectivity index (χ2n) is 0.905. The topological polar surface area (TPSA) is 0 Å². The first-order valence-electron chi connectivity index (χ1n) is 1.63. The van der Waals surface area contributed by atoms with Gasteiger partial charge in [-0.3, -0.25) is 8.93 Å². The summed E-state index contributed by atoms with van der Waals surface area (Å²) in [7, 11) is 14.4. The Bertz CT molecular complexity index is 46.0. The van der Waals surface area contributed by atoms with Crippen molar-refractivity contribution in [2.45, 2.75) is 0 Å². The Hall–Kier alpha value is 3.44. The lowest BCUT2D eigenvalue weighted by Gasteiger charge is -2.41. The molecule has 8 heteroatoms. The highest BCUT2D eigenvalue weighted by molar-refractivity contribution is 8.97. The van der Waals surface area contributed by atoms with Gasteiger partial charge in [0, 0.05) is 0 Å². The van der Waals surface area contributed by atoms with Crippen LogP contribution in [0.5, 0.6) is 0 Å². The maximum absolute atomic E-state index is 2.89. The van der Waals surface area contributed by atoms with E-state index in [4.69, 9.17) is 0 Å². The molecule has 0 bridgehead atoms. The molecule has 0 saturated heterocycles. The highest BCUT2D eigenvalue weighted by Gasteiger charge is 1.71. The van der Waals surface area contributed by atoms with Crippen LogP contribution in [0.2, 0.25) is 0 Å². The molecule has 0 N–H and O–H groups in total. The molecular weight excluding hydrogens is 248 g/mol. The normalized spacial score (nSPS) is 17.6. The van der Waals surface area contributed by atoms with E-state index < -0.39 is 0 Å². The van der Waals surface area contributed by atoms with E-state index in [1.54, 1.807) is 7.96 Å². The molecule has 0 radical (unpaired) electrons. The summed E-state index contributed by atoms with van der Waals surface area (Å²) in [5, 5.41) is 0. The van der Waals surface area contributed by atoms with Crippen molar-refractivity contribution in [3.05, 3.63) is 0 Å². The summed E-state index contributed by atoms with van der Waals surface area (Å²) in [6.07, 6.45) is 0. The highest BCUT2D eigenvalue weighted by Crippen LogP contribution is 2.91. The Kier molecular flexibility index (Phi) is 10.2. The Morgan fingerprint density at radius 2 is 1.62 bits per heavy atom. The van der Waals surface area contributed by atoms with Crippen molar-refractivity contribution in [2.75, 3.05) is 0 Å². The molecule has 5 atom stereocenters. The first-order valence-corrected chi connectivity index (χ1v) is 14.7. The standard InChI is InChI=1S/H8P8/c1-5-8(4)6-7(2)3/h1-4H2/q-2. The molecule has 0 saturated carbocycles. The van der Waals surface area contributed by atoms with E-state index in [0.29, 0.717) is 0 Å². The summed E-state index contributed by atoms with van der Waals surface area (Å²) < 4.78 is 0. The fraction of sp³-hybridized carbons (Fsp3) is 0. The van der Waals surface area contributed by atoms with Gasteiger partial charge in [-0.25, -0.2) is 6.99 Å². The molecule has 0 aromatic heterocycles. The van der Waals surface area contributed by atoms with Crippen LogP contribution >= 0.6 is 65.6 Å². The number of rotatable bonds is 3. The molecule has 0 aliphatic rings. The van der Waals surface area contributed by atoms with E-state index >= 15 is 0 Å². The zero-order chi connectivity index (χ0) is 6.57. The van der Waals surface area contributed by atoms with Crippen LogP contribution in [0, 0.1) is 0 Å². The third-order valence-electron chi connectivity index (χ3n) is 0.313. The van der Waals surface area contributed by atoms with Crippen molar-refractivity contribution < 1.29 is 0 Å². The van der Waals surface area contributed by atoms with Crippen LogP contribution in [0.25, 0.3) is 0 Å². The van der Waals surface area contributed by atoms with Crippen LogP contribution < -0.4 is 0 Å². The average molecular weight is 256 g/mol. The number of hydrogen-bond donors (Lipinski definition) is 0. The Morgan fingerprint density at radius 3 is 1.75 bits per heavy atom. The lowest BCUT2D eigenvalue weighted by atomic mass is 28.9. The first-order chi connectivity index (χ1) is 3.66. The van der Waals surface area contributed by atoms with Gasteiger partial charge >= 0.3 is 0 Å². The van der Waals surface area contributed by atoms with E-state index in [1.807, 2.05) is 0 Å². The third kappa shape index (κ3) is 7.55. The maximum Gasteiger partial charge on any atom is -0.138 e. The first kappa shape index (κ1) is 11.4. The molecule has 0 nitrogen and oxygen atoms in total. The molecule has 0 aromatic carbocycles. The summed E-state index contributed by atoms with van der Waals surface area (Å²) >= 11 is 0. The summed E-state index contributed by atoms with van der Waals surface area (Å²) in [6.45, 7) is 0.341. The molecule has 50 valence electrons. The van der Waals surface area contributed by atoms with Crippen molar-refractivity contribution in [1.29, 1.82) is 0 Å². The van der Waals surface area contributed by atoms with Gasteiger partial charge in [0.15, 0.2) is 0 Å². The van der Waals surface area contributed by atoms with Gasteiger partial charge in [-0.15, -0.1) is 17.9 Å². The van der Waals surface area contributed by atoms with Crippen molar-refractivity contribution >= 4 is 65.6 Å². The van der Waals surface area contributed by atoms with E-state index in [2.05, 4.69) is 35.7 Å². The predicted octanol–water partition coefficient (Wildman–Crippen LogP) is 4.75. The molecule has 8 heavy (non-hydrogen) atoms. The minimum Gasteiger partial charge on any atom is -0.509 e. The Balaban J connectivity index is 3.10. The molecule has 0 heterocycles. The predicted molar refractivity (Wildman–Crippen MR) is 66.5 cm³/mol. The highest BCUT2D eigenvalue weighted by atomic mass is 33.0. The van der Waals surface area contributed by atoms with E-state index in [0.717, 1.165) is 0 Å². The summed E-state index contributed by atoms with van der Waals surface area (Å²) in [5.74, 6) is 0. The SMILES string of the molecule is P[P-]P(P)[P-]P(P)P. The molecule has 0 aliphatic heterocycles. The van der Waals surface area contributed by atoms with Gasteiger partial charge in [0.1, 0.15) is 0 Å². The van der Waals surface area contributed by atoms with E-state index in [9.17, 15) is 0 Å². The van der Waals surface area contributed by atoms with Crippen molar-refractivity contribution in [1.82, 2.24) is 0 Å². The van der Waals surface area contributed by atoms with Crippen molar-refractivity contribution in [2.24, 2.45) is 0 Å². The molecule has 0 rings (SSSR count). The molecule has 0 fully saturated rings. The quantitative estimate of drug-likeness (QED) is 0.639. The fourth-order valence-corrected chi connectivity index (χ4v) is 31.3. The molecule has 0 aliphatic carbocycles. The Labute approximate surface area is 65.8 Å². The molecule has 0 amide bonds. The largest absolute Gasteiger partial charge is 0.509 e.